The minimum Gasteiger partial charge on any atom is -0.405 e. The number of hydrogen-bond donors (Lipinski definition) is 1. The van der Waals surface area contributed by atoms with Crippen molar-refractivity contribution in [3.05, 3.63) is 11.8 Å². The van der Waals surface area contributed by atoms with Crippen molar-refractivity contribution >= 4 is 0 Å². The molecule has 1 heteroatoms. The molecule has 0 aromatic carbocycles. The van der Waals surface area contributed by atoms with Gasteiger partial charge in [-0.15, -0.1) is 0 Å². The van der Waals surface area contributed by atoms with Crippen LogP contribution in [0.4, 0.5) is 0 Å². The largest absolute Gasteiger partial charge is 0.405 e. The molecule has 1 nitrogen and oxygen atoms in total. The molecule has 0 spiro atoms. The number of nitrogens with two attached hydrogens (primary N) is 1. The Kier molecular flexibility index (Phi) is 13.3. The van der Waals surface area contributed by atoms with Gasteiger partial charge in [-0.25, -0.2) is 0 Å². The first-order chi connectivity index (χ1) is 6.12. The quantitative estimate of drug-likeness (QED) is 0.701. The first-order valence-corrected chi connectivity index (χ1v) is 5.49. The van der Waals surface area contributed by atoms with Gasteiger partial charge in [0.2, 0.25) is 0 Å². The predicted molar refractivity (Wildman–Crippen MR) is 62.6 cm³/mol. The van der Waals surface area contributed by atoms with Crippen LogP contribution in [0.25, 0.3) is 0 Å². The molecule has 0 heterocycles. The molecule has 0 aliphatic heterocycles. The SMILES string of the molecule is CC/C(C)=C\N.CCCC(C)CC. The van der Waals surface area contributed by atoms with Crippen LogP contribution in [-0.4, -0.2) is 0 Å². The Balaban J connectivity index is 0. The average Bonchev–Trinajstić information content (AvgIpc) is 2.18. The second-order valence-electron chi connectivity index (χ2n) is 3.67. The van der Waals surface area contributed by atoms with Crippen molar-refractivity contribution in [3.63, 3.8) is 0 Å². The van der Waals surface area contributed by atoms with E-state index in [-0.39, 0.29) is 0 Å². The highest BCUT2D eigenvalue weighted by Gasteiger charge is 1.92. The molecule has 2 N–H and O–H groups in total. The van der Waals surface area contributed by atoms with E-state index in [0.29, 0.717) is 0 Å². The van der Waals surface area contributed by atoms with Gasteiger partial charge in [-0.2, -0.15) is 0 Å². The zero-order valence-electron chi connectivity index (χ0n) is 10.1. The molecule has 0 saturated heterocycles. The predicted octanol–water partition coefficient (Wildman–Crippen LogP) is 4.09. The Morgan fingerprint density at radius 2 is 1.85 bits per heavy atom. The lowest BCUT2D eigenvalue weighted by atomic mass is 10.0. The molecule has 0 rings (SSSR count). The first kappa shape index (κ1) is 15.0. The fourth-order valence-corrected chi connectivity index (χ4v) is 0.815. The van der Waals surface area contributed by atoms with E-state index in [0.717, 1.165) is 12.3 Å². The first-order valence-electron chi connectivity index (χ1n) is 5.49. The van der Waals surface area contributed by atoms with E-state index in [4.69, 9.17) is 5.73 Å². The maximum absolute atomic E-state index is 5.12. The second kappa shape index (κ2) is 11.5. The average molecular weight is 185 g/mol. The second-order valence-corrected chi connectivity index (χ2v) is 3.67. The summed E-state index contributed by atoms with van der Waals surface area (Å²) in [5.74, 6) is 0.949. The van der Waals surface area contributed by atoms with Crippen LogP contribution in [0.1, 0.15) is 60.3 Å². The van der Waals surface area contributed by atoms with Crippen LogP contribution in [0, 0.1) is 5.92 Å². The van der Waals surface area contributed by atoms with Crippen LogP contribution in [-0.2, 0) is 0 Å². The molecule has 0 aromatic rings. The Bertz CT molecular complexity index is 116. The number of rotatable bonds is 4. The van der Waals surface area contributed by atoms with Gasteiger partial charge in [-0.05, 0) is 25.5 Å². The Labute approximate surface area is 84.4 Å². The minimum absolute atomic E-state index is 0.949. The fraction of sp³-hybridized carbons (Fsp3) is 0.833. The van der Waals surface area contributed by atoms with E-state index >= 15 is 0 Å². The Morgan fingerprint density at radius 3 is 1.92 bits per heavy atom. The summed E-state index contributed by atoms with van der Waals surface area (Å²) < 4.78 is 0. The van der Waals surface area contributed by atoms with Gasteiger partial charge in [-0.3, -0.25) is 0 Å². The topological polar surface area (TPSA) is 26.0 Å². The molecule has 80 valence electrons. The van der Waals surface area contributed by atoms with Crippen molar-refractivity contribution in [1.29, 1.82) is 0 Å². The van der Waals surface area contributed by atoms with Gasteiger partial charge in [-0.1, -0.05) is 52.5 Å². The molecule has 1 unspecified atom stereocenters. The molecule has 1 atom stereocenters. The summed E-state index contributed by atoms with van der Waals surface area (Å²) in [6, 6.07) is 0. The van der Waals surface area contributed by atoms with Gasteiger partial charge in [0.15, 0.2) is 0 Å². The zero-order valence-corrected chi connectivity index (χ0v) is 10.1. The summed E-state index contributed by atoms with van der Waals surface area (Å²) in [6.45, 7) is 10.9. The third kappa shape index (κ3) is 14.4. The van der Waals surface area contributed by atoms with Crippen LogP contribution >= 0.6 is 0 Å². The van der Waals surface area contributed by atoms with E-state index in [1.807, 2.05) is 6.92 Å². The summed E-state index contributed by atoms with van der Waals surface area (Å²) in [7, 11) is 0. The highest BCUT2D eigenvalue weighted by atomic mass is 14.5. The zero-order chi connectivity index (χ0) is 10.7. The van der Waals surface area contributed by atoms with E-state index in [9.17, 15) is 0 Å². The highest BCUT2D eigenvalue weighted by Crippen LogP contribution is 2.07. The molecule has 13 heavy (non-hydrogen) atoms. The summed E-state index contributed by atoms with van der Waals surface area (Å²) in [4.78, 5) is 0. The van der Waals surface area contributed by atoms with Crippen molar-refractivity contribution in [1.82, 2.24) is 0 Å². The van der Waals surface area contributed by atoms with Crippen LogP contribution in [0.2, 0.25) is 0 Å². The fourth-order valence-electron chi connectivity index (χ4n) is 0.815. The van der Waals surface area contributed by atoms with Crippen molar-refractivity contribution < 1.29 is 0 Å². The molecular formula is C12H27N. The van der Waals surface area contributed by atoms with Crippen LogP contribution in [0.3, 0.4) is 0 Å². The highest BCUT2D eigenvalue weighted by molar-refractivity contribution is 4.92. The van der Waals surface area contributed by atoms with Crippen LogP contribution < -0.4 is 5.73 Å². The number of allylic oxidation sites excluding steroid dienone is 1. The van der Waals surface area contributed by atoms with Gasteiger partial charge in [0.05, 0.1) is 0 Å². The van der Waals surface area contributed by atoms with Crippen molar-refractivity contribution in [2.45, 2.75) is 60.3 Å². The molecule has 0 saturated carbocycles. The van der Waals surface area contributed by atoms with Crippen molar-refractivity contribution in [2.24, 2.45) is 11.7 Å². The molecule has 0 aromatic heterocycles. The third-order valence-electron chi connectivity index (χ3n) is 2.32. The van der Waals surface area contributed by atoms with Gasteiger partial charge < -0.3 is 5.73 Å². The van der Waals surface area contributed by atoms with Gasteiger partial charge in [0.1, 0.15) is 0 Å². The molecule has 0 bridgehead atoms. The number of hydrogen-bond acceptors (Lipinski definition) is 1. The molecule has 0 radical (unpaired) electrons. The molecule has 0 aliphatic rings. The van der Waals surface area contributed by atoms with E-state index in [1.165, 1.54) is 24.8 Å². The molecule has 0 aliphatic carbocycles. The van der Waals surface area contributed by atoms with Gasteiger partial charge >= 0.3 is 0 Å². The summed E-state index contributed by atoms with van der Waals surface area (Å²) in [6.07, 6.45) is 6.79. The lowest BCUT2D eigenvalue weighted by Gasteiger charge is -2.02. The lowest BCUT2D eigenvalue weighted by molar-refractivity contribution is 0.509. The van der Waals surface area contributed by atoms with Gasteiger partial charge in [0.25, 0.3) is 0 Å². The van der Waals surface area contributed by atoms with E-state index < -0.39 is 0 Å². The Hall–Kier alpha value is -0.460. The maximum atomic E-state index is 5.12. The monoisotopic (exact) mass is 185 g/mol. The summed E-state index contributed by atoms with van der Waals surface area (Å²) >= 11 is 0. The normalized spacial score (nSPS) is 13.2. The Morgan fingerprint density at radius 1 is 1.31 bits per heavy atom. The maximum Gasteiger partial charge on any atom is -0.00734 e. The summed E-state index contributed by atoms with van der Waals surface area (Å²) in [5.41, 5.74) is 6.37. The molecule has 0 amide bonds. The van der Waals surface area contributed by atoms with E-state index in [1.54, 1.807) is 6.20 Å². The minimum atomic E-state index is 0.949. The van der Waals surface area contributed by atoms with Crippen LogP contribution in [0.5, 0.6) is 0 Å². The molecule has 0 fully saturated rings. The standard InChI is InChI=1S/C7H16.C5H11N/c1-4-6-7(3)5-2;1-3-5(2)4-6/h7H,4-6H2,1-3H3;4H,3,6H2,1-2H3/b;5-4-. The smallest absolute Gasteiger partial charge is 0.00734 e. The van der Waals surface area contributed by atoms with Crippen molar-refractivity contribution in [3.8, 4) is 0 Å². The van der Waals surface area contributed by atoms with Gasteiger partial charge in [0, 0.05) is 0 Å². The van der Waals surface area contributed by atoms with E-state index in [2.05, 4.69) is 27.7 Å². The molecular weight excluding hydrogens is 158 g/mol. The van der Waals surface area contributed by atoms with Crippen molar-refractivity contribution in [2.75, 3.05) is 0 Å². The van der Waals surface area contributed by atoms with Crippen LogP contribution in [0.15, 0.2) is 11.8 Å². The lowest BCUT2D eigenvalue weighted by Crippen LogP contribution is -1.88. The third-order valence-corrected chi connectivity index (χ3v) is 2.32. The summed E-state index contributed by atoms with van der Waals surface area (Å²) in [5, 5.41) is 0.